The van der Waals surface area contributed by atoms with E-state index >= 15 is 0 Å². The molecule has 0 saturated heterocycles. The highest BCUT2D eigenvalue weighted by Gasteiger charge is 2.12. The molecule has 0 aliphatic carbocycles. The van der Waals surface area contributed by atoms with Crippen LogP contribution in [0.5, 0.6) is 0 Å². The van der Waals surface area contributed by atoms with Gasteiger partial charge in [-0.3, -0.25) is 0 Å². The molecule has 1 aromatic heterocycles. The Labute approximate surface area is 113 Å². The molecule has 0 fully saturated rings. The minimum atomic E-state index is -0.0525. The average molecular weight is 260 g/mol. The average Bonchev–Trinajstić information content (AvgIpc) is 2.74. The first-order valence-electron chi connectivity index (χ1n) is 6.33. The second-order valence-electron chi connectivity index (χ2n) is 5.10. The second kappa shape index (κ2) is 5.63. The zero-order chi connectivity index (χ0) is 13.1. The molecule has 2 aromatic rings. The van der Waals surface area contributed by atoms with Crippen molar-refractivity contribution in [2.24, 2.45) is 11.7 Å². The lowest BCUT2D eigenvalue weighted by Crippen LogP contribution is -2.10. The third kappa shape index (κ3) is 3.18. The molecule has 0 bridgehead atoms. The van der Waals surface area contributed by atoms with Crippen LogP contribution >= 0.6 is 11.3 Å². The molecule has 1 atom stereocenters. The lowest BCUT2D eigenvalue weighted by atomic mass is 9.98. The van der Waals surface area contributed by atoms with Crippen molar-refractivity contribution in [2.45, 2.75) is 33.2 Å². The maximum Gasteiger partial charge on any atom is 0.0897 e. The topological polar surface area (TPSA) is 38.9 Å². The first-order valence-corrected chi connectivity index (χ1v) is 7.14. The Kier molecular flexibility index (Phi) is 4.15. The summed E-state index contributed by atoms with van der Waals surface area (Å²) in [6.07, 6.45) is 2.99. The minimum Gasteiger partial charge on any atom is -0.320 e. The minimum absolute atomic E-state index is 0.0525. The van der Waals surface area contributed by atoms with Crippen LogP contribution in [0.1, 0.15) is 40.9 Å². The van der Waals surface area contributed by atoms with E-state index in [2.05, 4.69) is 43.1 Å². The summed E-state index contributed by atoms with van der Waals surface area (Å²) in [6.45, 7) is 6.48. The molecule has 0 aliphatic heterocycles. The zero-order valence-electron chi connectivity index (χ0n) is 11.2. The molecule has 96 valence electrons. The van der Waals surface area contributed by atoms with E-state index in [1.807, 2.05) is 13.1 Å². The fourth-order valence-corrected chi connectivity index (χ4v) is 2.89. The smallest absolute Gasteiger partial charge is 0.0897 e. The molecule has 2 nitrogen and oxygen atoms in total. The third-order valence-corrected chi connectivity index (χ3v) is 3.90. The van der Waals surface area contributed by atoms with Gasteiger partial charge in [-0.15, -0.1) is 11.3 Å². The van der Waals surface area contributed by atoms with Crippen LogP contribution in [-0.2, 0) is 6.42 Å². The molecule has 0 radical (unpaired) electrons. The van der Waals surface area contributed by atoms with Gasteiger partial charge < -0.3 is 5.73 Å². The van der Waals surface area contributed by atoms with Crippen molar-refractivity contribution in [3.63, 3.8) is 0 Å². The Morgan fingerprint density at radius 3 is 2.72 bits per heavy atom. The molecular formula is C15H20N2S. The SMILES string of the molecule is Cc1ncc(C(N)c2cccc(CC(C)C)c2)s1. The van der Waals surface area contributed by atoms with Gasteiger partial charge in [-0.05, 0) is 30.4 Å². The molecule has 0 aliphatic rings. The van der Waals surface area contributed by atoms with Crippen LogP contribution in [-0.4, -0.2) is 4.98 Å². The van der Waals surface area contributed by atoms with Gasteiger partial charge in [0.2, 0.25) is 0 Å². The van der Waals surface area contributed by atoms with Crippen molar-refractivity contribution in [1.29, 1.82) is 0 Å². The first-order chi connectivity index (χ1) is 8.56. The van der Waals surface area contributed by atoms with E-state index in [4.69, 9.17) is 5.73 Å². The quantitative estimate of drug-likeness (QED) is 0.910. The Hall–Kier alpha value is -1.19. The fraction of sp³-hybridized carbons (Fsp3) is 0.400. The number of nitrogens with two attached hydrogens (primary N) is 1. The van der Waals surface area contributed by atoms with Gasteiger partial charge in [-0.1, -0.05) is 38.1 Å². The summed E-state index contributed by atoms with van der Waals surface area (Å²) >= 11 is 1.67. The molecular weight excluding hydrogens is 240 g/mol. The van der Waals surface area contributed by atoms with Crippen LogP contribution in [0.15, 0.2) is 30.5 Å². The second-order valence-corrected chi connectivity index (χ2v) is 6.37. The Morgan fingerprint density at radius 1 is 1.33 bits per heavy atom. The monoisotopic (exact) mass is 260 g/mol. The van der Waals surface area contributed by atoms with Gasteiger partial charge in [0.15, 0.2) is 0 Å². The Bertz CT molecular complexity index is 517. The summed E-state index contributed by atoms with van der Waals surface area (Å²) < 4.78 is 0. The highest BCUT2D eigenvalue weighted by molar-refractivity contribution is 7.11. The van der Waals surface area contributed by atoms with Gasteiger partial charge >= 0.3 is 0 Å². The Morgan fingerprint density at radius 2 is 2.11 bits per heavy atom. The van der Waals surface area contributed by atoms with Crippen LogP contribution in [0.25, 0.3) is 0 Å². The number of nitrogens with zero attached hydrogens (tertiary/aromatic N) is 1. The maximum absolute atomic E-state index is 6.30. The van der Waals surface area contributed by atoms with Gasteiger partial charge in [0.25, 0.3) is 0 Å². The molecule has 0 amide bonds. The van der Waals surface area contributed by atoms with Gasteiger partial charge in [-0.25, -0.2) is 4.98 Å². The predicted octanol–water partition coefficient (Wildman–Crippen LogP) is 3.70. The van der Waals surface area contributed by atoms with Crippen LogP contribution < -0.4 is 5.73 Å². The van der Waals surface area contributed by atoms with Crippen molar-refractivity contribution in [1.82, 2.24) is 4.98 Å². The van der Waals surface area contributed by atoms with E-state index < -0.39 is 0 Å². The summed E-state index contributed by atoms with van der Waals surface area (Å²) in [7, 11) is 0. The molecule has 2 rings (SSSR count). The standard InChI is InChI=1S/C15H20N2S/c1-10(2)7-12-5-4-6-13(8-12)15(16)14-9-17-11(3)18-14/h4-6,8-10,15H,7,16H2,1-3H3. The molecule has 3 heteroatoms. The summed E-state index contributed by atoms with van der Waals surface area (Å²) in [5.41, 5.74) is 8.84. The number of aryl methyl sites for hydroxylation is 1. The third-order valence-electron chi connectivity index (χ3n) is 2.90. The molecule has 2 N–H and O–H groups in total. The number of hydrogen-bond acceptors (Lipinski definition) is 3. The number of hydrogen-bond donors (Lipinski definition) is 1. The van der Waals surface area contributed by atoms with E-state index in [9.17, 15) is 0 Å². The van der Waals surface area contributed by atoms with Crippen molar-refractivity contribution in [2.75, 3.05) is 0 Å². The molecule has 1 heterocycles. The van der Waals surface area contributed by atoms with Gasteiger partial charge in [-0.2, -0.15) is 0 Å². The van der Waals surface area contributed by atoms with Crippen molar-refractivity contribution >= 4 is 11.3 Å². The molecule has 18 heavy (non-hydrogen) atoms. The van der Waals surface area contributed by atoms with E-state index in [-0.39, 0.29) is 6.04 Å². The Balaban J connectivity index is 2.22. The number of rotatable bonds is 4. The highest BCUT2D eigenvalue weighted by atomic mass is 32.1. The van der Waals surface area contributed by atoms with Crippen molar-refractivity contribution < 1.29 is 0 Å². The summed E-state index contributed by atoms with van der Waals surface area (Å²) in [5.74, 6) is 0.669. The van der Waals surface area contributed by atoms with E-state index in [1.165, 1.54) is 11.1 Å². The first kappa shape index (κ1) is 13.2. The lowest BCUT2D eigenvalue weighted by Gasteiger charge is -2.12. The van der Waals surface area contributed by atoms with Crippen molar-refractivity contribution in [3.05, 3.63) is 51.5 Å². The van der Waals surface area contributed by atoms with Crippen molar-refractivity contribution in [3.8, 4) is 0 Å². The number of aromatic nitrogens is 1. The van der Waals surface area contributed by atoms with Crippen LogP contribution in [0.2, 0.25) is 0 Å². The van der Waals surface area contributed by atoms with Gasteiger partial charge in [0.1, 0.15) is 0 Å². The van der Waals surface area contributed by atoms with Crippen LogP contribution in [0.3, 0.4) is 0 Å². The highest BCUT2D eigenvalue weighted by Crippen LogP contribution is 2.25. The summed E-state index contributed by atoms with van der Waals surface area (Å²) in [4.78, 5) is 5.41. The summed E-state index contributed by atoms with van der Waals surface area (Å²) in [6, 6.07) is 8.54. The molecule has 1 unspecified atom stereocenters. The zero-order valence-corrected chi connectivity index (χ0v) is 12.0. The van der Waals surface area contributed by atoms with E-state index in [1.54, 1.807) is 11.3 Å². The van der Waals surface area contributed by atoms with Gasteiger partial charge in [0, 0.05) is 11.1 Å². The van der Waals surface area contributed by atoms with Crippen LogP contribution in [0, 0.1) is 12.8 Å². The van der Waals surface area contributed by atoms with E-state index in [0.717, 1.165) is 16.3 Å². The molecule has 0 saturated carbocycles. The fourth-order valence-electron chi connectivity index (χ4n) is 2.07. The number of thiazole rings is 1. The normalized spacial score (nSPS) is 12.9. The lowest BCUT2D eigenvalue weighted by molar-refractivity contribution is 0.646. The molecule has 0 spiro atoms. The van der Waals surface area contributed by atoms with E-state index in [0.29, 0.717) is 5.92 Å². The maximum atomic E-state index is 6.30. The molecule has 1 aromatic carbocycles. The number of benzene rings is 1. The largest absolute Gasteiger partial charge is 0.320 e. The summed E-state index contributed by atoms with van der Waals surface area (Å²) in [5, 5.41) is 1.07. The van der Waals surface area contributed by atoms with Crippen LogP contribution in [0.4, 0.5) is 0 Å². The van der Waals surface area contributed by atoms with Gasteiger partial charge in [0.05, 0.1) is 11.0 Å². The predicted molar refractivity (Wildman–Crippen MR) is 77.9 cm³/mol.